The molecule has 0 saturated heterocycles. The first-order chi connectivity index (χ1) is 19.8. The van der Waals surface area contributed by atoms with E-state index in [0.717, 1.165) is 4.31 Å². The fourth-order valence-corrected chi connectivity index (χ4v) is 6.12. The Morgan fingerprint density at radius 3 is 2.14 bits per heavy atom. The Morgan fingerprint density at radius 1 is 0.929 bits per heavy atom. The summed E-state index contributed by atoms with van der Waals surface area (Å²) in [4.78, 5) is 29.0. The maximum atomic E-state index is 14.2. The summed E-state index contributed by atoms with van der Waals surface area (Å²) < 4.78 is 34.9. The average Bonchev–Trinajstić information content (AvgIpc) is 2.92. The second kappa shape index (κ2) is 14.3. The molecule has 0 aliphatic heterocycles. The zero-order valence-corrected chi connectivity index (χ0v) is 26.8. The molecule has 0 fully saturated rings. The Bertz CT molecular complexity index is 1490. The number of carbonyl (C=O) groups excluding carboxylic acids is 2. The molecular formula is C31H37Cl2N3O5S. The van der Waals surface area contributed by atoms with Crippen molar-refractivity contribution in [1.82, 2.24) is 10.2 Å². The highest BCUT2D eigenvalue weighted by atomic mass is 35.5. The van der Waals surface area contributed by atoms with Crippen molar-refractivity contribution in [3.05, 3.63) is 88.4 Å². The van der Waals surface area contributed by atoms with Crippen LogP contribution in [0.15, 0.2) is 77.7 Å². The molecule has 42 heavy (non-hydrogen) atoms. The number of benzene rings is 3. The Balaban J connectivity index is 2.13. The Hall–Kier alpha value is -3.27. The van der Waals surface area contributed by atoms with Gasteiger partial charge in [-0.25, -0.2) is 8.42 Å². The molecule has 0 bridgehead atoms. The van der Waals surface area contributed by atoms with Crippen LogP contribution in [0.5, 0.6) is 5.75 Å². The number of halogens is 2. The van der Waals surface area contributed by atoms with Gasteiger partial charge in [-0.2, -0.15) is 0 Å². The lowest BCUT2D eigenvalue weighted by Crippen LogP contribution is -2.55. The molecule has 8 nitrogen and oxygen atoms in total. The van der Waals surface area contributed by atoms with Crippen LogP contribution in [-0.2, 0) is 26.2 Å². The number of hydrogen-bond donors (Lipinski definition) is 1. The van der Waals surface area contributed by atoms with Crippen molar-refractivity contribution in [1.29, 1.82) is 0 Å². The first-order valence-corrected chi connectivity index (χ1v) is 15.8. The molecule has 0 aliphatic carbocycles. The summed E-state index contributed by atoms with van der Waals surface area (Å²) in [6.07, 6.45) is 0.289. The largest absolute Gasteiger partial charge is 0.492 e. The van der Waals surface area contributed by atoms with E-state index in [1.165, 1.54) is 29.2 Å². The summed E-state index contributed by atoms with van der Waals surface area (Å²) >= 11 is 12.5. The van der Waals surface area contributed by atoms with Gasteiger partial charge in [-0.05, 0) is 82.1 Å². The fourth-order valence-electron chi connectivity index (χ4n) is 4.37. The number of anilines is 1. The van der Waals surface area contributed by atoms with Gasteiger partial charge in [0.05, 0.1) is 17.2 Å². The summed E-state index contributed by atoms with van der Waals surface area (Å²) in [7, 11) is -4.28. The molecule has 1 unspecified atom stereocenters. The minimum atomic E-state index is -4.28. The second-order valence-corrected chi connectivity index (χ2v) is 13.3. The minimum Gasteiger partial charge on any atom is -0.492 e. The van der Waals surface area contributed by atoms with Crippen LogP contribution in [0.4, 0.5) is 5.69 Å². The molecule has 0 spiro atoms. The molecule has 226 valence electrons. The number of ether oxygens (including phenoxy) is 1. The van der Waals surface area contributed by atoms with Gasteiger partial charge in [-0.15, -0.1) is 0 Å². The molecule has 2 amide bonds. The number of rotatable bonds is 12. The number of para-hydroxylation sites is 2. The summed E-state index contributed by atoms with van der Waals surface area (Å²) in [5.41, 5.74) is 0.258. The highest BCUT2D eigenvalue weighted by Crippen LogP contribution is 2.33. The van der Waals surface area contributed by atoms with E-state index in [1.54, 1.807) is 62.4 Å². The Labute approximate surface area is 258 Å². The van der Waals surface area contributed by atoms with Gasteiger partial charge in [-0.3, -0.25) is 13.9 Å². The predicted octanol–water partition coefficient (Wildman–Crippen LogP) is 6.31. The van der Waals surface area contributed by atoms with Crippen LogP contribution in [-0.4, -0.2) is 49.9 Å². The maximum absolute atomic E-state index is 14.2. The van der Waals surface area contributed by atoms with Crippen LogP contribution in [0.1, 0.15) is 46.6 Å². The van der Waals surface area contributed by atoms with E-state index in [1.807, 2.05) is 20.8 Å². The molecule has 3 aromatic rings. The van der Waals surface area contributed by atoms with Crippen molar-refractivity contribution >= 4 is 50.7 Å². The summed E-state index contributed by atoms with van der Waals surface area (Å²) in [6, 6.07) is 18.4. The van der Waals surface area contributed by atoms with Crippen molar-refractivity contribution in [3.63, 3.8) is 0 Å². The number of hydrogen-bond acceptors (Lipinski definition) is 5. The molecule has 3 rings (SSSR count). The summed E-state index contributed by atoms with van der Waals surface area (Å²) in [5.74, 6) is -0.651. The fraction of sp³-hybridized carbons (Fsp3) is 0.355. The molecule has 0 radical (unpaired) electrons. The molecule has 3 aromatic carbocycles. The number of nitrogens with zero attached hydrogens (tertiary/aromatic N) is 2. The quantitative estimate of drug-likeness (QED) is 0.252. The van der Waals surface area contributed by atoms with Crippen molar-refractivity contribution in [2.24, 2.45) is 0 Å². The third-order valence-electron chi connectivity index (χ3n) is 6.30. The van der Waals surface area contributed by atoms with Crippen LogP contribution in [0, 0.1) is 0 Å². The smallest absolute Gasteiger partial charge is 0.264 e. The average molecular weight is 635 g/mol. The third-order valence-corrected chi connectivity index (χ3v) is 8.69. The van der Waals surface area contributed by atoms with E-state index in [-0.39, 0.29) is 36.1 Å². The first kappa shape index (κ1) is 33.2. The van der Waals surface area contributed by atoms with Gasteiger partial charge in [0.15, 0.2) is 0 Å². The standard InChI is InChI=1S/C31H37Cl2N3O5S/c1-6-26(30(38)34-31(3,4)5)35(20-22-12-8-9-13-25(22)33)29(37)21-36(27-14-10-11-15-28(27)41-7-2)42(39,40)24-18-16-23(32)17-19-24/h8-19,26H,6-7,20-21H2,1-5H3,(H,34,38). The number of sulfonamides is 1. The molecular weight excluding hydrogens is 597 g/mol. The van der Waals surface area contributed by atoms with Crippen molar-refractivity contribution < 1.29 is 22.7 Å². The molecule has 0 aliphatic rings. The SMILES string of the molecule is CCOc1ccccc1N(CC(=O)N(Cc1ccccc1Cl)C(CC)C(=O)NC(C)(C)C)S(=O)(=O)c1ccc(Cl)cc1. The van der Waals surface area contributed by atoms with E-state index in [0.29, 0.717) is 21.4 Å². The van der Waals surface area contributed by atoms with Crippen LogP contribution in [0.2, 0.25) is 10.0 Å². The molecule has 0 heterocycles. The van der Waals surface area contributed by atoms with Gasteiger partial charge in [0.2, 0.25) is 11.8 Å². The zero-order chi connectivity index (χ0) is 31.1. The zero-order valence-electron chi connectivity index (χ0n) is 24.4. The monoisotopic (exact) mass is 633 g/mol. The van der Waals surface area contributed by atoms with Crippen molar-refractivity contribution in [3.8, 4) is 5.75 Å². The topological polar surface area (TPSA) is 96.0 Å². The Kier molecular flexibility index (Phi) is 11.3. The van der Waals surface area contributed by atoms with Gasteiger partial charge < -0.3 is 15.0 Å². The van der Waals surface area contributed by atoms with Crippen molar-refractivity contribution in [2.45, 2.75) is 64.1 Å². The van der Waals surface area contributed by atoms with Gasteiger partial charge in [0, 0.05) is 22.1 Å². The van der Waals surface area contributed by atoms with Crippen LogP contribution in [0.3, 0.4) is 0 Å². The minimum absolute atomic E-state index is 0.00346. The highest BCUT2D eigenvalue weighted by Gasteiger charge is 2.35. The summed E-state index contributed by atoms with van der Waals surface area (Å²) in [5, 5.41) is 3.74. The Morgan fingerprint density at radius 2 is 1.55 bits per heavy atom. The van der Waals surface area contributed by atoms with Gasteiger partial charge in [0.1, 0.15) is 18.3 Å². The lowest BCUT2D eigenvalue weighted by Gasteiger charge is -2.35. The van der Waals surface area contributed by atoms with Gasteiger partial charge in [0.25, 0.3) is 10.0 Å². The van der Waals surface area contributed by atoms with Crippen LogP contribution < -0.4 is 14.4 Å². The predicted molar refractivity (Wildman–Crippen MR) is 168 cm³/mol. The lowest BCUT2D eigenvalue weighted by molar-refractivity contribution is -0.141. The van der Waals surface area contributed by atoms with E-state index in [9.17, 15) is 18.0 Å². The van der Waals surface area contributed by atoms with E-state index in [2.05, 4.69) is 5.32 Å². The molecule has 0 saturated carbocycles. The molecule has 1 atom stereocenters. The second-order valence-electron chi connectivity index (χ2n) is 10.6. The highest BCUT2D eigenvalue weighted by molar-refractivity contribution is 7.92. The van der Waals surface area contributed by atoms with Crippen molar-refractivity contribution in [2.75, 3.05) is 17.5 Å². The van der Waals surface area contributed by atoms with Gasteiger partial charge >= 0.3 is 0 Å². The lowest BCUT2D eigenvalue weighted by atomic mass is 10.1. The number of amides is 2. The van der Waals surface area contributed by atoms with Gasteiger partial charge in [-0.1, -0.05) is 60.5 Å². The maximum Gasteiger partial charge on any atom is 0.264 e. The number of nitrogens with one attached hydrogen (secondary N) is 1. The first-order valence-electron chi connectivity index (χ1n) is 13.6. The summed E-state index contributed by atoms with van der Waals surface area (Å²) in [6.45, 7) is 8.81. The van der Waals surface area contributed by atoms with E-state index >= 15 is 0 Å². The van der Waals surface area contributed by atoms with E-state index < -0.39 is 34.1 Å². The molecule has 1 N–H and O–H groups in total. The van der Waals surface area contributed by atoms with Crippen LogP contribution in [0.25, 0.3) is 0 Å². The third kappa shape index (κ3) is 8.40. The normalized spacial score (nSPS) is 12.4. The molecule has 0 aromatic heterocycles. The van der Waals surface area contributed by atoms with Crippen LogP contribution >= 0.6 is 23.2 Å². The molecule has 11 heteroatoms. The van der Waals surface area contributed by atoms with E-state index in [4.69, 9.17) is 27.9 Å². The number of carbonyl (C=O) groups is 2.